The third-order valence-corrected chi connectivity index (χ3v) is 4.21. The number of aromatic nitrogens is 3. The van der Waals surface area contributed by atoms with Crippen molar-refractivity contribution in [3.63, 3.8) is 0 Å². The van der Waals surface area contributed by atoms with E-state index < -0.39 is 0 Å². The van der Waals surface area contributed by atoms with E-state index in [4.69, 9.17) is 0 Å². The van der Waals surface area contributed by atoms with E-state index in [1.54, 1.807) is 5.51 Å². The standard InChI is InChI=1S/C14H18N6OS/c1-11-9-12(3-4-15-11)19-5-2-6-20(8-7-19)14(21)17-13-18-16-10-22-13/h3-4,9-10H,2,5-8H2,1H3,(H,17,18,21). The maximum absolute atomic E-state index is 12.2. The molecule has 116 valence electrons. The van der Waals surface area contributed by atoms with Crippen molar-refractivity contribution in [2.45, 2.75) is 13.3 Å². The van der Waals surface area contributed by atoms with Crippen LogP contribution in [0.15, 0.2) is 23.8 Å². The molecule has 0 atom stereocenters. The van der Waals surface area contributed by atoms with Crippen molar-refractivity contribution in [3.05, 3.63) is 29.5 Å². The minimum Gasteiger partial charge on any atom is -0.370 e. The number of rotatable bonds is 2. The van der Waals surface area contributed by atoms with E-state index in [9.17, 15) is 4.79 Å². The number of hydrogen-bond acceptors (Lipinski definition) is 6. The summed E-state index contributed by atoms with van der Waals surface area (Å²) in [4.78, 5) is 20.6. The van der Waals surface area contributed by atoms with Gasteiger partial charge in [-0.1, -0.05) is 11.3 Å². The van der Waals surface area contributed by atoms with Gasteiger partial charge in [-0.25, -0.2) is 4.79 Å². The molecule has 2 amide bonds. The lowest BCUT2D eigenvalue weighted by Crippen LogP contribution is -2.38. The fraction of sp³-hybridized carbons (Fsp3) is 0.429. The molecular weight excluding hydrogens is 300 g/mol. The molecule has 1 fully saturated rings. The molecule has 0 radical (unpaired) electrons. The number of aryl methyl sites for hydroxylation is 1. The summed E-state index contributed by atoms with van der Waals surface area (Å²) in [5.74, 6) is 0. The lowest BCUT2D eigenvalue weighted by molar-refractivity contribution is 0.215. The summed E-state index contributed by atoms with van der Waals surface area (Å²) in [5, 5.41) is 10.9. The number of nitrogens with one attached hydrogen (secondary N) is 1. The Morgan fingerprint density at radius 3 is 3.00 bits per heavy atom. The van der Waals surface area contributed by atoms with Gasteiger partial charge in [0.1, 0.15) is 5.51 Å². The second kappa shape index (κ2) is 6.69. The molecule has 22 heavy (non-hydrogen) atoms. The lowest BCUT2D eigenvalue weighted by atomic mass is 10.3. The number of hydrogen-bond donors (Lipinski definition) is 1. The Balaban J connectivity index is 1.61. The Kier molecular flexibility index (Phi) is 4.47. The molecule has 1 saturated heterocycles. The van der Waals surface area contributed by atoms with E-state index in [1.165, 1.54) is 17.0 Å². The maximum Gasteiger partial charge on any atom is 0.323 e. The van der Waals surface area contributed by atoms with Gasteiger partial charge in [0.05, 0.1) is 0 Å². The molecule has 2 aromatic rings. The molecule has 1 N–H and O–H groups in total. The van der Waals surface area contributed by atoms with Crippen molar-refractivity contribution in [1.82, 2.24) is 20.1 Å². The van der Waals surface area contributed by atoms with E-state index in [-0.39, 0.29) is 6.03 Å². The quantitative estimate of drug-likeness (QED) is 0.916. The predicted molar refractivity (Wildman–Crippen MR) is 86.3 cm³/mol. The molecule has 0 unspecified atom stereocenters. The third-order valence-electron chi connectivity index (χ3n) is 3.60. The van der Waals surface area contributed by atoms with Crippen LogP contribution in [-0.2, 0) is 0 Å². The number of nitrogens with zero attached hydrogens (tertiary/aromatic N) is 5. The van der Waals surface area contributed by atoms with Gasteiger partial charge in [-0.05, 0) is 25.5 Å². The van der Waals surface area contributed by atoms with Crippen LogP contribution in [0.1, 0.15) is 12.1 Å². The van der Waals surface area contributed by atoms with Gasteiger partial charge in [-0.15, -0.1) is 10.2 Å². The van der Waals surface area contributed by atoms with Crippen molar-refractivity contribution in [2.24, 2.45) is 0 Å². The second-order valence-corrected chi connectivity index (χ2v) is 5.99. The Morgan fingerprint density at radius 2 is 2.23 bits per heavy atom. The molecule has 3 rings (SSSR count). The molecule has 3 heterocycles. The number of urea groups is 1. The van der Waals surface area contributed by atoms with Crippen molar-refractivity contribution >= 4 is 28.2 Å². The molecule has 0 aliphatic carbocycles. The topological polar surface area (TPSA) is 74.2 Å². The fourth-order valence-corrected chi connectivity index (χ4v) is 2.94. The van der Waals surface area contributed by atoms with E-state index in [1.807, 2.05) is 24.1 Å². The summed E-state index contributed by atoms with van der Waals surface area (Å²) in [6.45, 7) is 5.17. The van der Waals surface area contributed by atoms with Crippen molar-refractivity contribution in [1.29, 1.82) is 0 Å². The van der Waals surface area contributed by atoms with E-state index >= 15 is 0 Å². The summed E-state index contributed by atoms with van der Waals surface area (Å²) in [7, 11) is 0. The monoisotopic (exact) mass is 318 g/mol. The van der Waals surface area contributed by atoms with Gasteiger partial charge in [0.15, 0.2) is 0 Å². The van der Waals surface area contributed by atoms with Crippen molar-refractivity contribution in [2.75, 3.05) is 36.4 Å². The maximum atomic E-state index is 12.2. The van der Waals surface area contributed by atoms with Crippen molar-refractivity contribution < 1.29 is 4.79 Å². The van der Waals surface area contributed by atoms with Crippen LogP contribution in [0.3, 0.4) is 0 Å². The molecule has 0 bridgehead atoms. The number of anilines is 2. The van der Waals surface area contributed by atoms with Gasteiger partial charge in [0.2, 0.25) is 5.13 Å². The van der Waals surface area contributed by atoms with Gasteiger partial charge in [-0.2, -0.15) is 0 Å². The first kappa shape index (κ1) is 14.7. The van der Waals surface area contributed by atoms with Crippen LogP contribution in [0.25, 0.3) is 0 Å². The Morgan fingerprint density at radius 1 is 1.32 bits per heavy atom. The van der Waals surface area contributed by atoms with Gasteiger partial charge in [0, 0.05) is 43.8 Å². The first-order valence-corrected chi connectivity index (χ1v) is 8.10. The molecule has 7 nitrogen and oxygen atoms in total. The highest BCUT2D eigenvalue weighted by Gasteiger charge is 2.20. The third kappa shape index (κ3) is 3.51. The Labute approximate surface area is 133 Å². The molecular formula is C14H18N6OS. The van der Waals surface area contributed by atoms with E-state index in [2.05, 4.69) is 31.5 Å². The summed E-state index contributed by atoms with van der Waals surface area (Å²) in [6.07, 6.45) is 2.76. The molecule has 0 spiro atoms. The molecule has 1 aliphatic rings. The molecule has 0 aromatic carbocycles. The highest BCUT2D eigenvalue weighted by molar-refractivity contribution is 7.13. The van der Waals surface area contributed by atoms with Gasteiger partial charge in [-0.3, -0.25) is 10.3 Å². The first-order valence-electron chi connectivity index (χ1n) is 7.22. The van der Waals surface area contributed by atoms with Crippen molar-refractivity contribution in [3.8, 4) is 0 Å². The van der Waals surface area contributed by atoms with Crippen LogP contribution in [0.4, 0.5) is 15.6 Å². The number of carbonyl (C=O) groups is 1. The zero-order valence-corrected chi connectivity index (χ0v) is 13.2. The second-order valence-electron chi connectivity index (χ2n) is 5.16. The molecule has 2 aromatic heterocycles. The molecule has 0 saturated carbocycles. The Hall–Kier alpha value is -2.22. The zero-order valence-electron chi connectivity index (χ0n) is 12.4. The van der Waals surface area contributed by atoms with Crippen LogP contribution in [0, 0.1) is 6.92 Å². The number of pyridine rings is 1. The minimum atomic E-state index is -0.107. The minimum absolute atomic E-state index is 0.107. The fourth-order valence-electron chi connectivity index (χ4n) is 2.50. The zero-order chi connectivity index (χ0) is 15.4. The lowest BCUT2D eigenvalue weighted by Gasteiger charge is -2.23. The van der Waals surface area contributed by atoms with Crippen LogP contribution < -0.4 is 10.2 Å². The summed E-state index contributed by atoms with van der Waals surface area (Å²) in [6, 6.07) is 3.99. The number of amides is 2. The molecule has 1 aliphatic heterocycles. The summed E-state index contributed by atoms with van der Waals surface area (Å²) < 4.78 is 0. The van der Waals surface area contributed by atoms with E-state index in [0.717, 1.165) is 31.7 Å². The van der Waals surface area contributed by atoms with Crippen LogP contribution in [0.2, 0.25) is 0 Å². The van der Waals surface area contributed by atoms with Gasteiger partial charge < -0.3 is 9.80 Å². The smallest absolute Gasteiger partial charge is 0.323 e. The van der Waals surface area contributed by atoms with Crippen LogP contribution in [-0.4, -0.2) is 52.3 Å². The molecule has 8 heteroatoms. The van der Waals surface area contributed by atoms with Gasteiger partial charge >= 0.3 is 6.03 Å². The largest absolute Gasteiger partial charge is 0.370 e. The highest BCUT2D eigenvalue weighted by Crippen LogP contribution is 2.17. The SMILES string of the molecule is Cc1cc(N2CCCN(C(=O)Nc3nncs3)CC2)ccn1. The van der Waals surface area contributed by atoms with Crippen LogP contribution >= 0.6 is 11.3 Å². The Bertz CT molecular complexity index is 632. The summed E-state index contributed by atoms with van der Waals surface area (Å²) >= 11 is 1.32. The normalized spacial score (nSPS) is 15.5. The van der Waals surface area contributed by atoms with E-state index in [0.29, 0.717) is 11.7 Å². The number of carbonyl (C=O) groups excluding carboxylic acids is 1. The summed E-state index contributed by atoms with van der Waals surface area (Å²) in [5.41, 5.74) is 3.78. The predicted octanol–water partition coefficient (Wildman–Crippen LogP) is 1.99. The average molecular weight is 318 g/mol. The first-order chi connectivity index (χ1) is 10.7. The van der Waals surface area contributed by atoms with Gasteiger partial charge in [0.25, 0.3) is 0 Å². The highest BCUT2D eigenvalue weighted by atomic mass is 32.1. The average Bonchev–Trinajstić information content (AvgIpc) is 2.88. The van der Waals surface area contributed by atoms with Crippen LogP contribution in [0.5, 0.6) is 0 Å².